The molecule has 0 saturated heterocycles. The highest BCUT2D eigenvalue weighted by Gasteiger charge is 2.31. The van der Waals surface area contributed by atoms with E-state index in [2.05, 4.69) is 4.98 Å². The Kier molecular flexibility index (Phi) is 4.20. The van der Waals surface area contributed by atoms with Gasteiger partial charge in [0, 0.05) is 19.8 Å². The molecule has 0 radical (unpaired) electrons. The van der Waals surface area contributed by atoms with Gasteiger partial charge in [0.25, 0.3) is 0 Å². The molecule has 0 bridgehead atoms. The van der Waals surface area contributed by atoms with E-state index in [4.69, 9.17) is 5.73 Å². The Balaban J connectivity index is 2.90. The van der Waals surface area contributed by atoms with Gasteiger partial charge >= 0.3 is 6.18 Å². The van der Waals surface area contributed by atoms with Crippen LogP contribution in [0.25, 0.3) is 0 Å². The highest BCUT2D eigenvalue weighted by Crippen LogP contribution is 2.32. The molecule has 1 rings (SSSR count). The summed E-state index contributed by atoms with van der Waals surface area (Å²) < 4.78 is 37.2. The van der Waals surface area contributed by atoms with Crippen molar-refractivity contribution in [3.63, 3.8) is 0 Å². The molecule has 3 nitrogen and oxygen atoms in total. The number of hydrogen-bond donors (Lipinski definition) is 1. The monoisotopic (exact) mass is 247 g/mol. The predicted molar refractivity (Wildman–Crippen MR) is 61.8 cm³/mol. The van der Waals surface area contributed by atoms with Gasteiger partial charge in [0.05, 0.1) is 11.3 Å². The summed E-state index contributed by atoms with van der Waals surface area (Å²) in [4.78, 5) is 5.54. The molecular formula is C11H16F3N3. The lowest BCUT2D eigenvalue weighted by molar-refractivity contribution is -0.137. The molecule has 2 N–H and O–H groups in total. The fourth-order valence-electron chi connectivity index (χ4n) is 1.45. The quantitative estimate of drug-likeness (QED) is 0.889. The van der Waals surface area contributed by atoms with Crippen molar-refractivity contribution < 1.29 is 13.2 Å². The molecule has 0 aliphatic rings. The average Bonchev–Trinajstić information content (AvgIpc) is 2.24. The van der Waals surface area contributed by atoms with Crippen LogP contribution < -0.4 is 10.6 Å². The number of anilines is 2. The van der Waals surface area contributed by atoms with E-state index in [1.54, 1.807) is 11.9 Å². The van der Waals surface area contributed by atoms with Crippen LogP contribution in [0.1, 0.15) is 25.3 Å². The first-order valence-corrected chi connectivity index (χ1v) is 5.40. The lowest BCUT2D eigenvalue weighted by Crippen LogP contribution is -2.21. The number of pyridine rings is 1. The van der Waals surface area contributed by atoms with Gasteiger partial charge < -0.3 is 10.6 Å². The van der Waals surface area contributed by atoms with E-state index in [1.807, 2.05) is 6.92 Å². The fraction of sp³-hybridized carbons (Fsp3) is 0.545. The summed E-state index contributed by atoms with van der Waals surface area (Å²) in [6, 6.07) is 0.921. The lowest BCUT2D eigenvalue weighted by Gasteiger charge is -2.20. The van der Waals surface area contributed by atoms with Gasteiger partial charge in [-0.25, -0.2) is 4.98 Å². The van der Waals surface area contributed by atoms with E-state index in [0.29, 0.717) is 5.82 Å². The Morgan fingerprint density at radius 3 is 2.53 bits per heavy atom. The molecule has 17 heavy (non-hydrogen) atoms. The third-order valence-corrected chi connectivity index (χ3v) is 2.43. The van der Waals surface area contributed by atoms with Gasteiger partial charge in [-0.2, -0.15) is 13.2 Å². The molecule has 1 aromatic heterocycles. The van der Waals surface area contributed by atoms with Gasteiger partial charge in [-0.3, -0.25) is 0 Å². The number of hydrogen-bond acceptors (Lipinski definition) is 3. The van der Waals surface area contributed by atoms with E-state index >= 15 is 0 Å². The van der Waals surface area contributed by atoms with Crippen LogP contribution >= 0.6 is 0 Å². The lowest BCUT2D eigenvalue weighted by atomic mass is 10.2. The summed E-state index contributed by atoms with van der Waals surface area (Å²) in [5, 5.41) is 0. The number of halogens is 3. The number of nitrogen functional groups attached to an aromatic ring is 1. The maximum Gasteiger partial charge on any atom is 0.417 e. The van der Waals surface area contributed by atoms with Crippen LogP contribution in [0, 0.1) is 0 Å². The molecule has 0 fully saturated rings. The molecule has 0 atom stereocenters. The molecule has 0 unspecified atom stereocenters. The molecule has 0 aliphatic carbocycles. The first kappa shape index (κ1) is 13.6. The van der Waals surface area contributed by atoms with Crippen molar-refractivity contribution in [2.75, 3.05) is 24.2 Å². The number of aromatic nitrogens is 1. The SMILES string of the molecule is CCCCN(C)c1ncc(C(F)(F)F)cc1N. The Labute approximate surface area is 98.4 Å². The molecule has 96 valence electrons. The van der Waals surface area contributed by atoms with Crippen molar-refractivity contribution in [3.8, 4) is 0 Å². The van der Waals surface area contributed by atoms with Gasteiger partial charge in [-0.15, -0.1) is 0 Å². The first-order chi connectivity index (χ1) is 7.86. The minimum atomic E-state index is -4.40. The normalized spacial score (nSPS) is 11.6. The van der Waals surface area contributed by atoms with Gasteiger partial charge in [-0.05, 0) is 12.5 Å². The van der Waals surface area contributed by atoms with Crippen molar-refractivity contribution in [1.29, 1.82) is 0 Å². The third-order valence-electron chi connectivity index (χ3n) is 2.43. The summed E-state index contributed by atoms with van der Waals surface area (Å²) >= 11 is 0. The van der Waals surface area contributed by atoms with E-state index < -0.39 is 11.7 Å². The maximum absolute atomic E-state index is 12.4. The number of alkyl halides is 3. The first-order valence-electron chi connectivity index (χ1n) is 5.40. The van der Waals surface area contributed by atoms with Crippen molar-refractivity contribution in [2.24, 2.45) is 0 Å². The van der Waals surface area contributed by atoms with E-state index in [1.165, 1.54) is 0 Å². The van der Waals surface area contributed by atoms with Crippen molar-refractivity contribution in [2.45, 2.75) is 25.9 Å². The average molecular weight is 247 g/mol. The second-order valence-electron chi connectivity index (χ2n) is 3.91. The third kappa shape index (κ3) is 3.51. The van der Waals surface area contributed by atoms with E-state index in [9.17, 15) is 13.2 Å². The molecule has 6 heteroatoms. The van der Waals surface area contributed by atoms with Crippen LogP contribution in [0.2, 0.25) is 0 Å². The van der Waals surface area contributed by atoms with Gasteiger partial charge in [0.15, 0.2) is 5.82 Å². The molecule has 1 heterocycles. The molecule has 0 spiro atoms. The van der Waals surface area contributed by atoms with Crippen LogP contribution in [-0.4, -0.2) is 18.6 Å². The molecular weight excluding hydrogens is 231 g/mol. The summed E-state index contributed by atoms with van der Waals surface area (Å²) in [7, 11) is 1.77. The van der Waals surface area contributed by atoms with Crippen LogP contribution in [0.4, 0.5) is 24.7 Å². The molecule has 0 amide bonds. The van der Waals surface area contributed by atoms with Crippen LogP contribution in [0.5, 0.6) is 0 Å². The summed E-state index contributed by atoms with van der Waals surface area (Å²) in [6.07, 6.45) is -1.64. The molecule has 1 aromatic rings. The second-order valence-corrected chi connectivity index (χ2v) is 3.91. The zero-order valence-corrected chi connectivity index (χ0v) is 9.88. The summed E-state index contributed by atoms with van der Waals surface area (Å²) in [6.45, 7) is 2.76. The molecule has 0 aliphatic heterocycles. The van der Waals surface area contributed by atoms with Crippen LogP contribution in [0.15, 0.2) is 12.3 Å². The topological polar surface area (TPSA) is 42.2 Å². The van der Waals surface area contributed by atoms with E-state index in [0.717, 1.165) is 31.6 Å². The predicted octanol–water partition coefficient (Wildman–Crippen LogP) is 2.92. The Bertz CT molecular complexity index is 377. The zero-order chi connectivity index (χ0) is 13.1. The summed E-state index contributed by atoms with van der Waals surface area (Å²) in [5.41, 5.74) is 4.82. The van der Waals surface area contributed by atoms with Gasteiger partial charge in [0.2, 0.25) is 0 Å². The summed E-state index contributed by atoms with van der Waals surface area (Å²) in [5.74, 6) is 0.395. The van der Waals surface area contributed by atoms with Crippen molar-refractivity contribution in [1.82, 2.24) is 4.98 Å². The van der Waals surface area contributed by atoms with Crippen molar-refractivity contribution in [3.05, 3.63) is 17.8 Å². The minimum absolute atomic E-state index is 0.0541. The van der Waals surface area contributed by atoms with Crippen LogP contribution in [-0.2, 0) is 6.18 Å². The number of unbranched alkanes of at least 4 members (excludes halogenated alkanes) is 1. The zero-order valence-electron chi connectivity index (χ0n) is 9.88. The number of rotatable bonds is 4. The second kappa shape index (κ2) is 5.25. The van der Waals surface area contributed by atoms with Crippen LogP contribution in [0.3, 0.4) is 0 Å². The Morgan fingerprint density at radius 2 is 2.06 bits per heavy atom. The maximum atomic E-state index is 12.4. The van der Waals surface area contributed by atoms with Gasteiger partial charge in [-0.1, -0.05) is 13.3 Å². The smallest absolute Gasteiger partial charge is 0.396 e. The molecule has 0 aromatic carbocycles. The molecule has 0 saturated carbocycles. The number of nitrogens with zero attached hydrogens (tertiary/aromatic N) is 2. The standard InChI is InChI=1S/C11H16F3N3/c1-3-4-5-17(2)10-9(15)6-8(7-16-10)11(12,13)14/h6-7H,3-5,15H2,1-2H3. The largest absolute Gasteiger partial charge is 0.417 e. The highest BCUT2D eigenvalue weighted by molar-refractivity contribution is 5.63. The fourth-order valence-corrected chi connectivity index (χ4v) is 1.45. The Morgan fingerprint density at radius 1 is 1.41 bits per heavy atom. The van der Waals surface area contributed by atoms with Crippen molar-refractivity contribution >= 4 is 11.5 Å². The highest BCUT2D eigenvalue weighted by atomic mass is 19.4. The number of nitrogens with two attached hydrogens (primary N) is 1. The van der Waals surface area contributed by atoms with E-state index in [-0.39, 0.29) is 5.69 Å². The minimum Gasteiger partial charge on any atom is -0.396 e. The van der Waals surface area contributed by atoms with Gasteiger partial charge in [0.1, 0.15) is 0 Å². The Hall–Kier alpha value is -1.46.